The van der Waals surface area contributed by atoms with E-state index >= 15 is 0 Å². The van der Waals surface area contributed by atoms with Crippen molar-refractivity contribution in [2.45, 2.75) is 26.8 Å². The summed E-state index contributed by atoms with van der Waals surface area (Å²) in [4.78, 5) is 34.1. The van der Waals surface area contributed by atoms with Crippen LogP contribution in [0.1, 0.15) is 36.7 Å². The molecule has 1 atom stereocenters. The molecule has 1 aromatic carbocycles. The summed E-state index contributed by atoms with van der Waals surface area (Å²) >= 11 is 0. The zero-order valence-corrected chi connectivity index (χ0v) is 18.5. The number of hydrogen-bond donors (Lipinski definition) is 1. The summed E-state index contributed by atoms with van der Waals surface area (Å²) in [6.07, 6.45) is 1.62. The van der Waals surface area contributed by atoms with Gasteiger partial charge in [0.1, 0.15) is 17.6 Å². The SMILES string of the molecule is CCN(CC)CCN1C(=O)C(=O)C(=C(O)c2ccc(OC)c(C)c2)C1c1ccccn1. The number of aliphatic hydroxyl groups excluding tert-OH is 1. The van der Waals surface area contributed by atoms with E-state index in [4.69, 9.17) is 4.74 Å². The molecule has 7 heteroatoms. The molecule has 0 saturated carbocycles. The molecule has 1 unspecified atom stereocenters. The lowest BCUT2D eigenvalue weighted by Crippen LogP contribution is -2.38. The Balaban J connectivity index is 2.08. The number of benzene rings is 1. The number of nitrogens with zero attached hydrogens (tertiary/aromatic N) is 3. The molecular weight excluding hydrogens is 394 g/mol. The molecule has 1 aliphatic rings. The van der Waals surface area contributed by atoms with Gasteiger partial charge in [0.15, 0.2) is 0 Å². The van der Waals surface area contributed by atoms with Crippen LogP contribution in [0, 0.1) is 6.92 Å². The highest BCUT2D eigenvalue weighted by molar-refractivity contribution is 6.46. The number of rotatable bonds is 8. The number of aliphatic hydroxyl groups is 1. The number of methoxy groups -OCH3 is 1. The average Bonchev–Trinajstić information content (AvgIpc) is 3.04. The number of ether oxygens (including phenoxy) is 1. The van der Waals surface area contributed by atoms with Gasteiger partial charge in [-0.2, -0.15) is 0 Å². The van der Waals surface area contributed by atoms with Gasteiger partial charge in [-0.25, -0.2) is 0 Å². The first-order valence-corrected chi connectivity index (χ1v) is 10.5. The molecule has 0 spiro atoms. The zero-order chi connectivity index (χ0) is 22.5. The van der Waals surface area contributed by atoms with E-state index in [1.165, 1.54) is 4.90 Å². The number of aromatic nitrogens is 1. The topological polar surface area (TPSA) is 83.0 Å². The van der Waals surface area contributed by atoms with Crippen molar-refractivity contribution in [1.29, 1.82) is 0 Å². The smallest absolute Gasteiger partial charge is 0.295 e. The van der Waals surface area contributed by atoms with Crippen LogP contribution in [0.4, 0.5) is 0 Å². The molecule has 164 valence electrons. The molecule has 0 radical (unpaired) electrons. The summed E-state index contributed by atoms with van der Waals surface area (Å²) in [6, 6.07) is 9.78. The summed E-state index contributed by atoms with van der Waals surface area (Å²) in [5.74, 6) is -0.835. The Kier molecular flexibility index (Phi) is 7.07. The maximum absolute atomic E-state index is 13.0. The Hall–Kier alpha value is -3.19. The molecule has 0 aliphatic carbocycles. The van der Waals surface area contributed by atoms with Crippen LogP contribution in [0.2, 0.25) is 0 Å². The molecule has 3 rings (SSSR count). The van der Waals surface area contributed by atoms with E-state index < -0.39 is 17.7 Å². The second-order valence-electron chi connectivity index (χ2n) is 7.46. The molecule has 2 heterocycles. The number of likely N-dealkylation sites (tertiary alicyclic amines) is 1. The second-order valence-corrected chi connectivity index (χ2v) is 7.46. The Morgan fingerprint density at radius 3 is 2.52 bits per heavy atom. The average molecular weight is 424 g/mol. The molecule has 1 saturated heterocycles. The third-order valence-corrected chi connectivity index (χ3v) is 5.73. The van der Waals surface area contributed by atoms with E-state index in [1.807, 2.05) is 13.0 Å². The van der Waals surface area contributed by atoms with Gasteiger partial charge >= 0.3 is 0 Å². The van der Waals surface area contributed by atoms with Crippen molar-refractivity contribution in [3.05, 3.63) is 65.0 Å². The monoisotopic (exact) mass is 423 g/mol. The number of likely N-dealkylation sites (N-methyl/N-ethyl adjacent to an activating group) is 1. The van der Waals surface area contributed by atoms with E-state index in [2.05, 4.69) is 23.7 Å². The van der Waals surface area contributed by atoms with E-state index in [-0.39, 0.29) is 11.3 Å². The normalized spacial score (nSPS) is 18.1. The van der Waals surface area contributed by atoms with Gasteiger partial charge in [0.05, 0.1) is 18.4 Å². The Morgan fingerprint density at radius 2 is 1.94 bits per heavy atom. The van der Waals surface area contributed by atoms with Crippen LogP contribution in [0.15, 0.2) is 48.2 Å². The highest BCUT2D eigenvalue weighted by atomic mass is 16.5. The van der Waals surface area contributed by atoms with Gasteiger partial charge < -0.3 is 19.6 Å². The van der Waals surface area contributed by atoms with E-state index in [0.29, 0.717) is 30.1 Å². The summed E-state index contributed by atoms with van der Waals surface area (Å²) in [5.41, 5.74) is 1.89. The Morgan fingerprint density at radius 1 is 1.19 bits per heavy atom. The van der Waals surface area contributed by atoms with E-state index in [0.717, 1.165) is 18.7 Å². The lowest BCUT2D eigenvalue weighted by Gasteiger charge is -2.27. The van der Waals surface area contributed by atoms with Crippen molar-refractivity contribution in [2.24, 2.45) is 0 Å². The lowest BCUT2D eigenvalue weighted by atomic mass is 9.97. The van der Waals surface area contributed by atoms with Gasteiger partial charge in [-0.15, -0.1) is 0 Å². The lowest BCUT2D eigenvalue weighted by molar-refractivity contribution is -0.140. The Labute approximate surface area is 183 Å². The van der Waals surface area contributed by atoms with Gasteiger partial charge in [0.25, 0.3) is 11.7 Å². The standard InChI is InChI=1S/C24H29N3O4/c1-5-26(6-2)13-14-27-21(18-9-7-8-12-25-18)20(23(29)24(27)30)22(28)17-10-11-19(31-4)16(3)15-17/h7-12,15,21,28H,5-6,13-14H2,1-4H3. The molecule has 0 bridgehead atoms. The van der Waals surface area contributed by atoms with Crippen molar-refractivity contribution >= 4 is 17.4 Å². The highest BCUT2D eigenvalue weighted by Crippen LogP contribution is 2.38. The first-order chi connectivity index (χ1) is 14.9. The molecule has 1 N–H and O–H groups in total. The molecule has 1 aliphatic heterocycles. The summed E-state index contributed by atoms with van der Waals surface area (Å²) in [7, 11) is 1.57. The molecule has 2 aromatic rings. The van der Waals surface area contributed by atoms with Gasteiger partial charge in [-0.05, 0) is 55.9 Å². The second kappa shape index (κ2) is 9.75. The van der Waals surface area contributed by atoms with Crippen molar-refractivity contribution in [2.75, 3.05) is 33.3 Å². The first kappa shape index (κ1) is 22.5. The molecule has 31 heavy (non-hydrogen) atoms. The maximum atomic E-state index is 13.0. The quantitative estimate of drug-likeness (QED) is 0.399. The van der Waals surface area contributed by atoms with Crippen molar-refractivity contribution in [3.63, 3.8) is 0 Å². The first-order valence-electron chi connectivity index (χ1n) is 10.5. The molecular formula is C24H29N3O4. The van der Waals surface area contributed by atoms with Crippen LogP contribution in [-0.4, -0.2) is 64.9 Å². The van der Waals surface area contributed by atoms with Gasteiger partial charge in [0.2, 0.25) is 0 Å². The van der Waals surface area contributed by atoms with Crippen LogP contribution < -0.4 is 4.74 Å². The maximum Gasteiger partial charge on any atom is 0.295 e. The highest BCUT2D eigenvalue weighted by Gasteiger charge is 2.46. The summed E-state index contributed by atoms with van der Waals surface area (Å²) in [6.45, 7) is 8.66. The fraction of sp³-hybridized carbons (Fsp3) is 0.375. The zero-order valence-electron chi connectivity index (χ0n) is 18.5. The molecule has 7 nitrogen and oxygen atoms in total. The van der Waals surface area contributed by atoms with Crippen molar-refractivity contribution in [1.82, 2.24) is 14.8 Å². The van der Waals surface area contributed by atoms with Crippen LogP contribution in [0.5, 0.6) is 5.75 Å². The largest absolute Gasteiger partial charge is 0.507 e. The summed E-state index contributed by atoms with van der Waals surface area (Å²) in [5, 5.41) is 11.1. The molecule has 1 amide bonds. The predicted molar refractivity (Wildman–Crippen MR) is 119 cm³/mol. The van der Waals surface area contributed by atoms with Gasteiger partial charge in [-0.1, -0.05) is 19.9 Å². The number of hydrogen-bond acceptors (Lipinski definition) is 6. The minimum atomic E-state index is -0.737. The Bertz CT molecular complexity index is 984. The number of Topliss-reactive ketones (excluding diaryl/α,β-unsaturated/α-hetero) is 1. The number of pyridine rings is 1. The van der Waals surface area contributed by atoms with E-state index in [1.54, 1.807) is 43.6 Å². The van der Waals surface area contributed by atoms with Crippen LogP contribution in [0.3, 0.4) is 0 Å². The molecule has 1 aromatic heterocycles. The van der Waals surface area contributed by atoms with Crippen LogP contribution in [-0.2, 0) is 9.59 Å². The minimum absolute atomic E-state index is 0.0628. The van der Waals surface area contributed by atoms with Crippen molar-refractivity contribution in [3.8, 4) is 5.75 Å². The van der Waals surface area contributed by atoms with Crippen LogP contribution in [0.25, 0.3) is 5.76 Å². The van der Waals surface area contributed by atoms with Crippen molar-refractivity contribution < 1.29 is 19.4 Å². The van der Waals surface area contributed by atoms with E-state index in [9.17, 15) is 14.7 Å². The van der Waals surface area contributed by atoms with Gasteiger partial charge in [-0.3, -0.25) is 14.6 Å². The fourth-order valence-electron chi connectivity index (χ4n) is 3.93. The minimum Gasteiger partial charge on any atom is -0.507 e. The number of carbonyl (C=O) groups excluding carboxylic acids is 2. The van der Waals surface area contributed by atoms with Crippen LogP contribution >= 0.6 is 0 Å². The fourth-order valence-corrected chi connectivity index (χ4v) is 3.93. The number of ketones is 1. The number of carbonyl (C=O) groups is 2. The third-order valence-electron chi connectivity index (χ3n) is 5.73. The van der Waals surface area contributed by atoms with Gasteiger partial charge in [0, 0.05) is 24.8 Å². The third kappa shape index (κ3) is 4.46. The summed E-state index contributed by atoms with van der Waals surface area (Å²) < 4.78 is 5.28. The molecule has 1 fully saturated rings. The number of amides is 1. The number of aryl methyl sites for hydroxylation is 1. The predicted octanol–water partition coefficient (Wildman–Crippen LogP) is 3.16.